The Bertz CT molecular complexity index is 1380. The maximum atomic E-state index is 11.5. The summed E-state index contributed by atoms with van der Waals surface area (Å²) < 4.78 is 5.52. The maximum absolute atomic E-state index is 11.5. The molecule has 1 aromatic heterocycles. The van der Waals surface area contributed by atoms with Gasteiger partial charge in [-0.1, -0.05) is 39.3 Å². The number of anilines is 2. The van der Waals surface area contributed by atoms with Crippen LogP contribution in [0.2, 0.25) is 5.02 Å². The van der Waals surface area contributed by atoms with Gasteiger partial charge in [-0.05, 0) is 80.3 Å². The van der Waals surface area contributed by atoms with Gasteiger partial charge >= 0.3 is 0 Å². The van der Waals surface area contributed by atoms with Crippen molar-refractivity contribution < 1.29 is 9.84 Å². The first-order valence-corrected chi connectivity index (χ1v) is 13.4. The number of halogens is 1. The van der Waals surface area contributed by atoms with E-state index in [1.54, 1.807) is 7.11 Å². The molecule has 0 saturated carbocycles. The molecule has 1 heterocycles. The number of pyridine rings is 1. The Hall–Kier alpha value is -3.06. The number of fused-ring (bicyclic) bond motifs is 2. The zero-order valence-corrected chi connectivity index (χ0v) is 23.2. The Balaban J connectivity index is 1.90. The van der Waals surface area contributed by atoms with Crippen LogP contribution in [0, 0.1) is 0 Å². The minimum absolute atomic E-state index is 0.269. The van der Waals surface area contributed by atoms with Crippen molar-refractivity contribution >= 4 is 44.8 Å². The van der Waals surface area contributed by atoms with E-state index in [0.717, 1.165) is 77.1 Å². The summed E-state index contributed by atoms with van der Waals surface area (Å²) in [4.78, 5) is 9.53. The Labute approximate surface area is 224 Å². The van der Waals surface area contributed by atoms with Gasteiger partial charge in [-0.2, -0.15) is 0 Å². The second kappa shape index (κ2) is 12.0. The fourth-order valence-electron chi connectivity index (χ4n) is 4.75. The third-order valence-electron chi connectivity index (χ3n) is 7.04. The molecule has 7 heteroatoms. The monoisotopic (exact) mass is 520 g/mol. The summed E-state index contributed by atoms with van der Waals surface area (Å²) in [5.74, 6) is 1.01. The van der Waals surface area contributed by atoms with Crippen LogP contribution >= 0.6 is 11.6 Å². The Morgan fingerprint density at radius 2 is 1.54 bits per heavy atom. The Kier molecular flexibility index (Phi) is 8.75. The second-order valence-corrected chi connectivity index (χ2v) is 9.67. The number of aromatic nitrogens is 1. The summed E-state index contributed by atoms with van der Waals surface area (Å²) in [5, 5.41) is 17.6. The van der Waals surface area contributed by atoms with Crippen LogP contribution in [-0.4, -0.2) is 53.2 Å². The maximum Gasteiger partial charge on any atom is 0.143 e. The fraction of sp³-hybridized carbons (Fsp3) is 0.367. The minimum atomic E-state index is 0.269. The van der Waals surface area contributed by atoms with E-state index in [0.29, 0.717) is 17.3 Å². The van der Waals surface area contributed by atoms with Crippen molar-refractivity contribution in [3.05, 3.63) is 64.7 Å². The number of aromatic hydroxyl groups is 1. The van der Waals surface area contributed by atoms with Gasteiger partial charge in [0.1, 0.15) is 11.5 Å². The number of nitrogens with one attached hydrogen (secondary N) is 1. The van der Waals surface area contributed by atoms with Gasteiger partial charge in [-0.15, -0.1) is 0 Å². The molecule has 0 spiro atoms. The molecule has 0 fully saturated rings. The van der Waals surface area contributed by atoms with Crippen LogP contribution < -0.4 is 10.1 Å². The number of methoxy groups -OCH3 is 1. The van der Waals surface area contributed by atoms with E-state index in [1.807, 2.05) is 36.4 Å². The van der Waals surface area contributed by atoms with Crippen molar-refractivity contribution in [2.75, 3.05) is 38.6 Å². The first-order valence-electron chi connectivity index (χ1n) is 13.0. The highest BCUT2D eigenvalue weighted by molar-refractivity contribution is 6.31. The van der Waals surface area contributed by atoms with E-state index in [9.17, 15) is 5.11 Å². The summed E-state index contributed by atoms with van der Waals surface area (Å²) in [5.41, 5.74) is 5.22. The summed E-state index contributed by atoms with van der Waals surface area (Å²) >= 11 is 6.32. The van der Waals surface area contributed by atoms with E-state index in [2.05, 4.69) is 54.9 Å². The molecule has 0 saturated heterocycles. The lowest BCUT2D eigenvalue weighted by molar-refractivity contribution is 0.287. The zero-order chi connectivity index (χ0) is 26.5. The van der Waals surface area contributed by atoms with Crippen molar-refractivity contribution in [2.24, 2.45) is 0 Å². The van der Waals surface area contributed by atoms with Crippen LogP contribution in [0.5, 0.6) is 11.5 Å². The van der Waals surface area contributed by atoms with Gasteiger partial charge in [0.15, 0.2) is 0 Å². The lowest BCUT2D eigenvalue weighted by atomic mass is 10.0. The van der Waals surface area contributed by atoms with Crippen LogP contribution in [0.3, 0.4) is 0 Å². The van der Waals surface area contributed by atoms with Crippen LogP contribution in [0.4, 0.5) is 11.4 Å². The highest BCUT2D eigenvalue weighted by atomic mass is 35.5. The SMILES string of the molecule is CCN(CC)Cc1cc(CN(CC)CC)c(O)c(Nc2c3ccc(Cl)cc3nc3ccc(OC)cc23)c1. The van der Waals surface area contributed by atoms with Crippen molar-refractivity contribution in [1.82, 2.24) is 14.8 Å². The molecule has 0 bridgehead atoms. The number of hydrogen-bond acceptors (Lipinski definition) is 6. The topological polar surface area (TPSA) is 60.9 Å². The van der Waals surface area contributed by atoms with E-state index in [-0.39, 0.29) is 5.75 Å². The molecule has 0 atom stereocenters. The van der Waals surface area contributed by atoms with Crippen molar-refractivity contribution in [2.45, 2.75) is 40.8 Å². The molecule has 6 nitrogen and oxygen atoms in total. The first kappa shape index (κ1) is 27.0. The normalized spacial score (nSPS) is 11.7. The summed E-state index contributed by atoms with van der Waals surface area (Å²) in [6, 6.07) is 15.7. The van der Waals surface area contributed by atoms with Gasteiger partial charge in [0.25, 0.3) is 0 Å². The molecule has 0 radical (unpaired) electrons. The second-order valence-electron chi connectivity index (χ2n) is 9.23. The van der Waals surface area contributed by atoms with E-state index < -0.39 is 0 Å². The van der Waals surface area contributed by atoms with Gasteiger partial charge in [0.05, 0.1) is 29.5 Å². The third kappa shape index (κ3) is 5.93. The summed E-state index contributed by atoms with van der Waals surface area (Å²) in [7, 11) is 1.66. The lowest BCUT2D eigenvalue weighted by Gasteiger charge is -2.24. The van der Waals surface area contributed by atoms with E-state index >= 15 is 0 Å². The average Bonchev–Trinajstić information content (AvgIpc) is 2.91. The molecule has 4 rings (SSSR count). The molecular formula is C30H37ClN4O2. The van der Waals surface area contributed by atoms with Gasteiger partial charge in [-0.3, -0.25) is 9.80 Å². The molecule has 196 valence electrons. The molecule has 2 N–H and O–H groups in total. The van der Waals surface area contributed by atoms with Gasteiger partial charge in [-0.25, -0.2) is 4.98 Å². The highest BCUT2D eigenvalue weighted by Gasteiger charge is 2.17. The lowest BCUT2D eigenvalue weighted by Crippen LogP contribution is -2.24. The highest BCUT2D eigenvalue weighted by Crippen LogP contribution is 2.39. The number of benzene rings is 3. The molecule has 0 amide bonds. The van der Waals surface area contributed by atoms with Crippen LogP contribution in [0.25, 0.3) is 21.8 Å². The number of nitrogens with zero attached hydrogens (tertiary/aromatic N) is 3. The Morgan fingerprint density at radius 1 is 0.838 bits per heavy atom. The smallest absolute Gasteiger partial charge is 0.143 e. The molecule has 37 heavy (non-hydrogen) atoms. The molecule has 3 aromatic carbocycles. The molecule has 4 aromatic rings. The van der Waals surface area contributed by atoms with Gasteiger partial charge < -0.3 is 15.2 Å². The number of ether oxygens (including phenoxy) is 1. The van der Waals surface area contributed by atoms with Crippen molar-refractivity contribution in [3.63, 3.8) is 0 Å². The largest absolute Gasteiger partial charge is 0.505 e. The van der Waals surface area contributed by atoms with Gasteiger partial charge in [0.2, 0.25) is 0 Å². The van der Waals surface area contributed by atoms with Crippen LogP contribution in [-0.2, 0) is 13.1 Å². The molecule has 0 aliphatic carbocycles. The average molecular weight is 521 g/mol. The molecule has 0 unspecified atom stereocenters. The summed E-state index contributed by atoms with van der Waals surface area (Å²) in [6.45, 7) is 13.9. The summed E-state index contributed by atoms with van der Waals surface area (Å²) in [6.07, 6.45) is 0. The fourth-order valence-corrected chi connectivity index (χ4v) is 4.92. The molecule has 0 aliphatic heterocycles. The standard InChI is InChI=1S/C30H37ClN4O2/c1-6-34(7-2)18-20-14-21(19-35(8-3)9-4)30(36)28(15-20)33-29-24-12-10-22(31)16-27(24)32-26-13-11-23(37-5)17-25(26)29/h10-17,36H,6-9,18-19H2,1-5H3,(H,32,33). The number of hydrogen-bond donors (Lipinski definition) is 2. The van der Waals surface area contributed by atoms with Crippen LogP contribution in [0.15, 0.2) is 48.5 Å². The number of phenolic OH excluding ortho intramolecular Hbond substituents is 1. The number of rotatable bonds is 11. The third-order valence-corrected chi connectivity index (χ3v) is 7.28. The molecular weight excluding hydrogens is 484 g/mol. The number of phenols is 1. The van der Waals surface area contributed by atoms with Crippen LogP contribution in [0.1, 0.15) is 38.8 Å². The molecule has 0 aliphatic rings. The Morgan fingerprint density at radius 3 is 2.22 bits per heavy atom. The van der Waals surface area contributed by atoms with Crippen molar-refractivity contribution in [3.8, 4) is 11.5 Å². The van der Waals surface area contributed by atoms with E-state index in [4.69, 9.17) is 21.3 Å². The van der Waals surface area contributed by atoms with Gasteiger partial charge in [0, 0.05) is 34.4 Å². The quantitative estimate of drug-likeness (QED) is 0.161. The minimum Gasteiger partial charge on any atom is -0.505 e. The van der Waals surface area contributed by atoms with Crippen molar-refractivity contribution in [1.29, 1.82) is 0 Å². The first-order chi connectivity index (χ1) is 17.9. The zero-order valence-electron chi connectivity index (χ0n) is 22.4. The van der Waals surface area contributed by atoms with E-state index in [1.165, 1.54) is 0 Å². The predicted molar refractivity (Wildman–Crippen MR) is 155 cm³/mol. The predicted octanol–water partition coefficient (Wildman–Crippen LogP) is 7.18.